The summed E-state index contributed by atoms with van der Waals surface area (Å²) in [6.07, 6.45) is -0.162. The number of amides is 1. The van der Waals surface area contributed by atoms with Gasteiger partial charge in [0.05, 0.1) is 12.5 Å². The Bertz CT molecular complexity index is 530. The van der Waals surface area contributed by atoms with Crippen LogP contribution in [0, 0.1) is 0 Å². The van der Waals surface area contributed by atoms with E-state index in [9.17, 15) is 14.7 Å². The summed E-state index contributed by atoms with van der Waals surface area (Å²) < 4.78 is 0. The first-order chi connectivity index (χ1) is 9.51. The molecule has 0 aliphatic carbocycles. The topological polar surface area (TPSA) is 98.7 Å². The van der Waals surface area contributed by atoms with E-state index in [2.05, 4.69) is 10.6 Å². The van der Waals surface area contributed by atoms with E-state index in [1.807, 2.05) is 0 Å². The summed E-state index contributed by atoms with van der Waals surface area (Å²) in [6, 6.07) is 4.97. The maximum Gasteiger partial charge on any atom is 0.303 e. The van der Waals surface area contributed by atoms with Gasteiger partial charge in [0.15, 0.2) is 0 Å². The van der Waals surface area contributed by atoms with Crippen LogP contribution >= 0.6 is 0 Å². The van der Waals surface area contributed by atoms with Crippen molar-refractivity contribution < 1.29 is 19.8 Å². The summed E-state index contributed by atoms with van der Waals surface area (Å²) in [7, 11) is 1.69. The van der Waals surface area contributed by atoms with Crippen LogP contribution in [0.5, 0.6) is 0 Å². The second-order valence-corrected chi connectivity index (χ2v) is 4.91. The molecule has 0 fully saturated rings. The largest absolute Gasteiger partial charge is 0.481 e. The lowest BCUT2D eigenvalue weighted by atomic mass is 9.96. The summed E-state index contributed by atoms with van der Waals surface area (Å²) in [6.45, 7) is 0. The summed E-state index contributed by atoms with van der Waals surface area (Å²) in [5.74, 6) is -0.941. The molecule has 0 spiro atoms. The van der Waals surface area contributed by atoms with Crippen LogP contribution in [-0.4, -0.2) is 35.2 Å². The maximum absolute atomic E-state index is 11.3. The Morgan fingerprint density at radius 1 is 1.50 bits per heavy atom. The third-order valence-electron chi connectivity index (χ3n) is 3.52. The van der Waals surface area contributed by atoms with E-state index in [1.165, 1.54) is 0 Å². The molecule has 1 aliphatic rings. The minimum Gasteiger partial charge on any atom is -0.481 e. The molecule has 108 valence electrons. The molecule has 1 aromatic carbocycles. The molecule has 1 aromatic rings. The number of carbonyl (C=O) groups is 2. The van der Waals surface area contributed by atoms with Crippen molar-refractivity contribution in [1.29, 1.82) is 0 Å². The molecule has 1 heterocycles. The fourth-order valence-electron chi connectivity index (χ4n) is 2.40. The van der Waals surface area contributed by atoms with Crippen molar-refractivity contribution in [2.24, 2.45) is 0 Å². The van der Waals surface area contributed by atoms with E-state index in [0.717, 1.165) is 11.3 Å². The second kappa shape index (κ2) is 6.02. The average molecular weight is 278 g/mol. The molecule has 2 rings (SSSR count). The van der Waals surface area contributed by atoms with Crippen molar-refractivity contribution >= 4 is 17.6 Å². The van der Waals surface area contributed by atoms with Crippen molar-refractivity contribution in [2.75, 3.05) is 12.4 Å². The molecule has 0 radical (unpaired) electrons. The van der Waals surface area contributed by atoms with Gasteiger partial charge in [0.2, 0.25) is 5.91 Å². The van der Waals surface area contributed by atoms with Gasteiger partial charge < -0.3 is 20.8 Å². The van der Waals surface area contributed by atoms with Crippen LogP contribution in [0.2, 0.25) is 0 Å². The van der Waals surface area contributed by atoms with E-state index in [-0.39, 0.29) is 18.4 Å². The predicted molar refractivity (Wildman–Crippen MR) is 73.5 cm³/mol. The number of nitrogens with one attached hydrogen (secondary N) is 2. The maximum atomic E-state index is 11.3. The molecular formula is C14H18N2O4. The van der Waals surface area contributed by atoms with Gasteiger partial charge >= 0.3 is 5.97 Å². The lowest BCUT2D eigenvalue weighted by Crippen LogP contribution is -2.32. The van der Waals surface area contributed by atoms with E-state index < -0.39 is 12.1 Å². The highest BCUT2D eigenvalue weighted by molar-refractivity contribution is 5.99. The standard InChI is InChI=1S/C14H18N2O4/c1-15-11(4-5-13(18)19)14(20)8-2-3-10-9(6-8)7-12(17)16-10/h2-3,6,11,14-15,20H,4-5,7H2,1H3,(H,16,17)(H,18,19). The zero-order chi connectivity index (χ0) is 14.7. The molecule has 0 bridgehead atoms. The normalized spacial score (nSPS) is 16.4. The highest BCUT2D eigenvalue weighted by atomic mass is 16.4. The summed E-state index contributed by atoms with van der Waals surface area (Å²) in [5, 5.41) is 24.7. The van der Waals surface area contributed by atoms with Crippen LogP contribution in [0.15, 0.2) is 18.2 Å². The number of benzene rings is 1. The van der Waals surface area contributed by atoms with Gasteiger partial charge in [-0.25, -0.2) is 0 Å². The Balaban J connectivity index is 2.11. The molecule has 0 saturated carbocycles. The number of likely N-dealkylation sites (N-methyl/N-ethyl adjacent to an activating group) is 1. The Morgan fingerprint density at radius 3 is 2.90 bits per heavy atom. The van der Waals surface area contributed by atoms with Crippen molar-refractivity contribution in [2.45, 2.75) is 31.4 Å². The Kier molecular flexibility index (Phi) is 4.36. The summed E-state index contributed by atoms with van der Waals surface area (Å²) >= 11 is 0. The number of hydrogen-bond acceptors (Lipinski definition) is 4. The average Bonchev–Trinajstić information content (AvgIpc) is 2.77. The van der Waals surface area contributed by atoms with Gasteiger partial charge in [-0.1, -0.05) is 12.1 Å². The first-order valence-electron chi connectivity index (χ1n) is 6.51. The molecule has 1 amide bonds. The minimum absolute atomic E-state index is 0.00640. The third-order valence-corrected chi connectivity index (χ3v) is 3.52. The van der Waals surface area contributed by atoms with Gasteiger partial charge in [0.25, 0.3) is 0 Å². The fourth-order valence-corrected chi connectivity index (χ4v) is 2.40. The number of carbonyl (C=O) groups excluding carboxylic acids is 1. The molecular weight excluding hydrogens is 260 g/mol. The van der Waals surface area contributed by atoms with Crippen LogP contribution in [0.25, 0.3) is 0 Å². The van der Waals surface area contributed by atoms with E-state index in [1.54, 1.807) is 25.2 Å². The van der Waals surface area contributed by atoms with Crippen LogP contribution < -0.4 is 10.6 Å². The Labute approximate surface area is 116 Å². The SMILES string of the molecule is CNC(CCC(=O)O)C(O)c1ccc2c(c1)CC(=O)N2. The lowest BCUT2D eigenvalue weighted by molar-refractivity contribution is -0.137. The number of carboxylic acids is 1. The van der Waals surface area contributed by atoms with E-state index in [4.69, 9.17) is 5.11 Å². The number of aliphatic carboxylic acids is 1. The van der Waals surface area contributed by atoms with Crippen molar-refractivity contribution in [3.05, 3.63) is 29.3 Å². The molecule has 4 N–H and O–H groups in total. The fraction of sp³-hybridized carbons (Fsp3) is 0.429. The smallest absolute Gasteiger partial charge is 0.303 e. The predicted octanol–water partition coefficient (Wildman–Crippen LogP) is 0.667. The van der Waals surface area contributed by atoms with Gasteiger partial charge in [-0.05, 0) is 30.7 Å². The summed E-state index contributed by atoms with van der Waals surface area (Å²) in [5.41, 5.74) is 2.32. The molecule has 20 heavy (non-hydrogen) atoms. The number of carboxylic acid groups (broad SMARTS) is 1. The molecule has 0 saturated heterocycles. The minimum atomic E-state index is -0.888. The summed E-state index contributed by atoms with van der Waals surface area (Å²) in [4.78, 5) is 21.9. The van der Waals surface area contributed by atoms with E-state index in [0.29, 0.717) is 18.4 Å². The molecule has 2 unspecified atom stereocenters. The molecule has 6 nitrogen and oxygen atoms in total. The van der Waals surface area contributed by atoms with Gasteiger partial charge in [-0.15, -0.1) is 0 Å². The van der Waals surface area contributed by atoms with Gasteiger partial charge in [-0.2, -0.15) is 0 Å². The lowest BCUT2D eigenvalue weighted by Gasteiger charge is -2.22. The van der Waals surface area contributed by atoms with Crippen LogP contribution in [0.4, 0.5) is 5.69 Å². The Hall–Kier alpha value is -1.92. The molecule has 1 aliphatic heterocycles. The first-order valence-corrected chi connectivity index (χ1v) is 6.51. The highest BCUT2D eigenvalue weighted by Crippen LogP contribution is 2.28. The Morgan fingerprint density at radius 2 is 2.25 bits per heavy atom. The number of aliphatic hydroxyl groups is 1. The zero-order valence-corrected chi connectivity index (χ0v) is 11.2. The molecule has 6 heteroatoms. The number of aliphatic hydroxyl groups excluding tert-OH is 1. The van der Waals surface area contributed by atoms with E-state index >= 15 is 0 Å². The van der Waals surface area contributed by atoms with Gasteiger partial charge in [0.1, 0.15) is 0 Å². The van der Waals surface area contributed by atoms with Crippen LogP contribution in [0.1, 0.15) is 30.1 Å². The van der Waals surface area contributed by atoms with Gasteiger partial charge in [0, 0.05) is 18.2 Å². The quantitative estimate of drug-likeness (QED) is 0.613. The number of anilines is 1. The monoisotopic (exact) mass is 278 g/mol. The second-order valence-electron chi connectivity index (χ2n) is 4.91. The molecule has 0 aromatic heterocycles. The van der Waals surface area contributed by atoms with Crippen molar-refractivity contribution in [1.82, 2.24) is 5.32 Å². The number of fused-ring (bicyclic) bond motifs is 1. The first kappa shape index (κ1) is 14.5. The third kappa shape index (κ3) is 3.15. The van der Waals surface area contributed by atoms with Crippen LogP contribution in [0.3, 0.4) is 0 Å². The molecule has 2 atom stereocenters. The highest BCUT2D eigenvalue weighted by Gasteiger charge is 2.23. The van der Waals surface area contributed by atoms with Crippen LogP contribution in [-0.2, 0) is 16.0 Å². The van der Waals surface area contributed by atoms with Gasteiger partial charge in [-0.3, -0.25) is 9.59 Å². The zero-order valence-electron chi connectivity index (χ0n) is 11.2. The van der Waals surface area contributed by atoms with Crippen molar-refractivity contribution in [3.63, 3.8) is 0 Å². The number of rotatable bonds is 6. The van der Waals surface area contributed by atoms with Crippen molar-refractivity contribution in [3.8, 4) is 0 Å². The number of hydrogen-bond donors (Lipinski definition) is 4.